The Morgan fingerprint density at radius 1 is 1.14 bits per heavy atom. The number of aryl methyl sites for hydroxylation is 1. The molecule has 0 spiro atoms. The molecule has 2 aromatic carbocycles. The number of H-pyrrole nitrogens is 1. The molecule has 1 unspecified atom stereocenters. The highest BCUT2D eigenvalue weighted by Crippen LogP contribution is 2.27. The van der Waals surface area contributed by atoms with Gasteiger partial charge in [0.2, 0.25) is 4.77 Å². The molecule has 1 atom stereocenters. The number of aromatic nitrogens is 3. The van der Waals surface area contributed by atoms with E-state index in [0.29, 0.717) is 18.0 Å². The number of quaternary nitrogens is 1. The Bertz CT molecular complexity index is 979. The number of nitrogens with zero attached hydrogens (tertiary/aromatic N) is 2. The zero-order valence-corrected chi connectivity index (χ0v) is 17.6. The fraction of sp³-hybridized carbons (Fsp3) is 0.333. The molecule has 1 heterocycles. The average Bonchev–Trinajstić information content (AvgIpc) is 3.04. The van der Waals surface area contributed by atoms with Gasteiger partial charge in [-0.2, -0.15) is 4.98 Å². The molecule has 7 heteroatoms. The number of nitrogens with one attached hydrogen (secondary N) is 2. The minimum absolute atomic E-state index is 0.555. The second-order valence-corrected chi connectivity index (χ2v) is 7.22. The van der Waals surface area contributed by atoms with Crippen molar-refractivity contribution in [1.29, 1.82) is 0 Å². The van der Waals surface area contributed by atoms with Crippen molar-refractivity contribution in [3.8, 4) is 22.9 Å². The van der Waals surface area contributed by atoms with Crippen LogP contribution in [0.15, 0.2) is 42.5 Å². The topological polar surface area (TPSA) is 56.5 Å². The van der Waals surface area contributed by atoms with E-state index in [1.54, 1.807) is 7.11 Å². The van der Waals surface area contributed by atoms with Gasteiger partial charge in [0.1, 0.15) is 6.54 Å². The van der Waals surface area contributed by atoms with Gasteiger partial charge in [0.05, 0.1) is 20.8 Å². The predicted octanol–water partition coefficient (Wildman–Crippen LogP) is 3.00. The summed E-state index contributed by atoms with van der Waals surface area (Å²) in [5.41, 5.74) is 3.42. The second kappa shape index (κ2) is 9.03. The van der Waals surface area contributed by atoms with Crippen LogP contribution in [0.3, 0.4) is 0 Å². The van der Waals surface area contributed by atoms with Crippen LogP contribution in [0, 0.1) is 11.7 Å². The van der Waals surface area contributed by atoms with Crippen LogP contribution in [-0.4, -0.2) is 35.5 Å². The number of benzene rings is 2. The Balaban J connectivity index is 1.70. The summed E-state index contributed by atoms with van der Waals surface area (Å²) in [7, 11) is 3.78. The lowest BCUT2D eigenvalue weighted by atomic mass is 10.1. The molecule has 148 valence electrons. The van der Waals surface area contributed by atoms with E-state index in [1.807, 2.05) is 23.7 Å². The minimum atomic E-state index is 0.555. The van der Waals surface area contributed by atoms with Crippen molar-refractivity contribution >= 4 is 12.2 Å². The Kier molecular flexibility index (Phi) is 6.49. The molecule has 0 radical (unpaired) electrons. The number of hydrogen-bond donors (Lipinski definition) is 2. The molecule has 0 saturated carbocycles. The third kappa shape index (κ3) is 4.79. The fourth-order valence-corrected chi connectivity index (χ4v) is 3.28. The quantitative estimate of drug-likeness (QED) is 0.572. The lowest BCUT2D eigenvalue weighted by Gasteiger charge is -2.16. The maximum Gasteiger partial charge on any atom is 0.221 e. The monoisotopic (exact) mass is 399 g/mol. The average molecular weight is 400 g/mol. The number of ether oxygens (including phenoxy) is 2. The predicted molar refractivity (Wildman–Crippen MR) is 112 cm³/mol. The molecule has 0 fully saturated rings. The van der Waals surface area contributed by atoms with Gasteiger partial charge in [-0.25, -0.2) is 4.68 Å². The van der Waals surface area contributed by atoms with Crippen molar-refractivity contribution in [2.24, 2.45) is 0 Å². The highest BCUT2D eigenvalue weighted by Gasteiger charge is 2.12. The highest BCUT2D eigenvalue weighted by molar-refractivity contribution is 7.71. The van der Waals surface area contributed by atoms with E-state index in [1.165, 1.54) is 16.0 Å². The van der Waals surface area contributed by atoms with E-state index in [4.69, 9.17) is 21.7 Å². The summed E-state index contributed by atoms with van der Waals surface area (Å²) < 4.78 is 13.5. The van der Waals surface area contributed by atoms with Crippen LogP contribution in [-0.2, 0) is 13.2 Å². The third-order valence-corrected chi connectivity index (χ3v) is 4.78. The number of methoxy groups -OCH3 is 1. The molecular formula is C21H27N4O2S+. The summed E-state index contributed by atoms with van der Waals surface area (Å²) in [6, 6.07) is 14.3. The minimum Gasteiger partial charge on any atom is -0.493 e. The Morgan fingerprint density at radius 2 is 1.89 bits per heavy atom. The van der Waals surface area contributed by atoms with E-state index in [-0.39, 0.29) is 0 Å². The SMILES string of the molecule is CCOc1ccc(C[NH+](C)Cn2[nH]c(-c3ccc(C)cc3)nc2=S)cc1OC. The van der Waals surface area contributed by atoms with E-state index in [0.717, 1.165) is 29.4 Å². The Labute approximate surface area is 170 Å². The van der Waals surface area contributed by atoms with Crippen LogP contribution in [0.25, 0.3) is 11.4 Å². The molecule has 0 bridgehead atoms. The van der Waals surface area contributed by atoms with Gasteiger partial charge in [-0.1, -0.05) is 29.8 Å². The first kappa shape index (κ1) is 20.1. The largest absolute Gasteiger partial charge is 0.493 e. The molecule has 0 amide bonds. The van der Waals surface area contributed by atoms with Crippen LogP contribution >= 0.6 is 12.2 Å². The summed E-state index contributed by atoms with van der Waals surface area (Å²) in [5, 5.41) is 3.32. The number of hydrogen-bond acceptors (Lipinski definition) is 4. The van der Waals surface area contributed by atoms with Crippen LogP contribution in [0.5, 0.6) is 11.5 Å². The van der Waals surface area contributed by atoms with E-state index >= 15 is 0 Å². The zero-order chi connectivity index (χ0) is 20.1. The van der Waals surface area contributed by atoms with Crippen LogP contribution in [0.2, 0.25) is 0 Å². The van der Waals surface area contributed by atoms with Crippen LogP contribution < -0.4 is 14.4 Å². The molecule has 28 heavy (non-hydrogen) atoms. The van der Waals surface area contributed by atoms with Gasteiger partial charge in [0.15, 0.2) is 24.0 Å². The third-order valence-electron chi connectivity index (χ3n) is 4.47. The van der Waals surface area contributed by atoms with Gasteiger partial charge >= 0.3 is 0 Å². The van der Waals surface area contributed by atoms with Gasteiger partial charge < -0.3 is 14.4 Å². The summed E-state index contributed by atoms with van der Waals surface area (Å²) in [4.78, 5) is 5.77. The van der Waals surface area contributed by atoms with Crippen molar-refractivity contribution in [2.45, 2.75) is 27.1 Å². The smallest absolute Gasteiger partial charge is 0.221 e. The fourth-order valence-electron chi connectivity index (χ4n) is 3.08. The van der Waals surface area contributed by atoms with E-state index in [2.05, 4.69) is 54.4 Å². The van der Waals surface area contributed by atoms with E-state index < -0.39 is 0 Å². The lowest BCUT2D eigenvalue weighted by Crippen LogP contribution is -3.07. The van der Waals surface area contributed by atoms with Crippen molar-refractivity contribution in [3.05, 3.63) is 58.4 Å². The van der Waals surface area contributed by atoms with Crippen molar-refractivity contribution < 1.29 is 14.4 Å². The molecule has 3 aromatic rings. The van der Waals surface area contributed by atoms with Crippen molar-refractivity contribution in [1.82, 2.24) is 14.8 Å². The first-order valence-corrected chi connectivity index (χ1v) is 9.76. The first-order valence-electron chi connectivity index (χ1n) is 9.35. The van der Waals surface area contributed by atoms with Gasteiger partial charge in [-0.3, -0.25) is 5.10 Å². The highest BCUT2D eigenvalue weighted by atomic mass is 32.1. The second-order valence-electron chi connectivity index (χ2n) is 6.86. The Morgan fingerprint density at radius 3 is 2.57 bits per heavy atom. The summed E-state index contributed by atoms with van der Waals surface area (Å²) in [6.07, 6.45) is 0. The molecule has 0 aliphatic rings. The molecule has 1 aromatic heterocycles. The molecule has 3 rings (SSSR count). The number of aromatic amines is 1. The molecule has 0 saturated heterocycles. The van der Waals surface area contributed by atoms with Crippen molar-refractivity contribution in [3.63, 3.8) is 0 Å². The van der Waals surface area contributed by atoms with Gasteiger partial charge in [-0.05, 0) is 44.3 Å². The standard InChI is InChI=1S/C21H26N4O2S/c1-5-27-18-11-8-16(12-19(18)26-4)13-24(3)14-25-21(28)22-20(23-25)17-9-6-15(2)7-10-17/h6-12H,5,13-14H2,1-4H3,(H,22,23,28)/p+1. The van der Waals surface area contributed by atoms with E-state index in [9.17, 15) is 0 Å². The molecule has 0 aliphatic heterocycles. The Hall–Kier alpha value is -2.64. The maximum absolute atomic E-state index is 5.59. The van der Waals surface area contributed by atoms with Gasteiger partial charge in [-0.15, -0.1) is 0 Å². The van der Waals surface area contributed by atoms with Crippen LogP contribution in [0.1, 0.15) is 18.1 Å². The van der Waals surface area contributed by atoms with Crippen LogP contribution in [0.4, 0.5) is 0 Å². The lowest BCUT2D eigenvalue weighted by molar-refractivity contribution is -0.917. The first-order chi connectivity index (χ1) is 13.5. The summed E-state index contributed by atoms with van der Waals surface area (Å²) >= 11 is 5.44. The molecule has 6 nitrogen and oxygen atoms in total. The molecular weight excluding hydrogens is 372 g/mol. The van der Waals surface area contributed by atoms with Gasteiger partial charge in [0.25, 0.3) is 0 Å². The van der Waals surface area contributed by atoms with Gasteiger partial charge in [0, 0.05) is 11.1 Å². The zero-order valence-electron chi connectivity index (χ0n) is 16.8. The molecule has 0 aliphatic carbocycles. The molecule has 2 N–H and O–H groups in total. The van der Waals surface area contributed by atoms with Crippen molar-refractivity contribution in [2.75, 3.05) is 20.8 Å². The summed E-state index contributed by atoms with van der Waals surface area (Å²) in [6.45, 7) is 6.15. The summed E-state index contributed by atoms with van der Waals surface area (Å²) in [5.74, 6) is 2.32. The maximum atomic E-state index is 5.59. The normalized spacial score (nSPS) is 12.0. The number of rotatable bonds is 8.